The molecule has 1 aliphatic heterocycles. The Labute approximate surface area is 188 Å². The van der Waals surface area contributed by atoms with Crippen molar-refractivity contribution in [3.63, 3.8) is 0 Å². The summed E-state index contributed by atoms with van der Waals surface area (Å²) in [6, 6.07) is 15.1. The van der Waals surface area contributed by atoms with Gasteiger partial charge in [-0.1, -0.05) is 36.8 Å². The van der Waals surface area contributed by atoms with Crippen LogP contribution in [0.15, 0.2) is 54.8 Å². The van der Waals surface area contributed by atoms with E-state index in [1.54, 1.807) is 13.4 Å². The summed E-state index contributed by atoms with van der Waals surface area (Å²) < 4.78 is 17.2. The van der Waals surface area contributed by atoms with Crippen LogP contribution in [0.2, 0.25) is 0 Å². The molecular formula is C26H29NO5. The molecule has 4 unspecified atom stereocenters. The van der Waals surface area contributed by atoms with Crippen molar-refractivity contribution in [2.45, 2.75) is 38.9 Å². The average molecular weight is 436 g/mol. The Morgan fingerprint density at radius 3 is 2.50 bits per heavy atom. The summed E-state index contributed by atoms with van der Waals surface area (Å²) >= 11 is 0. The number of allylic oxidation sites excluding steroid dienone is 1. The van der Waals surface area contributed by atoms with Crippen molar-refractivity contribution in [1.82, 2.24) is 0 Å². The summed E-state index contributed by atoms with van der Waals surface area (Å²) in [5.41, 5.74) is 3.31. The molecule has 1 heterocycles. The lowest BCUT2D eigenvalue weighted by Crippen LogP contribution is -2.48. The van der Waals surface area contributed by atoms with E-state index in [1.165, 1.54) is 0 Å². The van der Waals surface area contributed by atoms with Crippen LogP contribution in [0, 0.1) is 18.8 Å². The molecule has 1 aliphatic carbocycles. The summed E-state index contributed by atoms with van der Waals surface area (Å²) in [7, 11) is 1.61. The highest BCUT2D eigenvalue weighted by molar-refractivity contribution is 6.22. The molecule has 1 fully saturated rings. The third-order valence-corrected chi connectivity index (χ3v) is 6.37. The summed E-state index contributed by atoms with van der Waals surface area (Å²) in [5, 5.41) is 2.85. The number of rotatable bonds is 6. The van der Waals surface area contributed by atoms with E-state index >= 15 is 0 Å². The van der Waals surface area contributed by atoms with Gasteiger partial charge in [0, 0.05) is 11.6 Å². The Kier molecular flexibility index (Phi) is 6.61. The summed E-state index contributed by atoms with van der Waals surface area (Å²) in [5.74, 6) is 0.459. The molecule has 1 amide bonds. The monoisotopic (exact) mass is 435 g/mol. The molecule has 32 heavy (non-hydrogen) atoms. The normalized spacial score (nSPS) is 24.7. The molecule has 4 atom stereocenters. The van der Waals surface area contributed by atoms with Gasteiger partial charge in [-0.15, -0.1) is 0 Å². The second-order valence-corrected chi connectivity index (χ2v) is 8.53. The first-order valence-corrected chi connectivity index (χ1v) is 11.0. The van der Waals surface area contributed by atoms with Gasteiger partial charge in [-0.25, -0.2) is 0 Å². The van der Waals surface area contributed by atoms with Crippen molar-refractivity contribution in [2.75, 3.05) is 19.0 Å². The number of ketones is 1. The molecule has 2 aromatic carbocycles. The van der Waals surface area contributed by atoms with Crippen LogP contribution in [-0.2, 0) is 19.1 Å². The predicted octanol–water partition coefficient (Wildman–Crippen LogP) is 4.38. The third kappa shape index (κ3) is 4.70. The van der Waals surface area contributed by atoms with E-state index in [2.05, 4.69) is 5.32 Å². The Morgan fingerprint density at radius 2 is 1.81 bits per heavy atom. The largest absolute Gasteiger partial charge is 0.497 e. The number of carbonyl (C=O) groups is 2. The molecule has 0 radical (unpaired) electrons. The fourth-order valence-electron chi connectivity index (χ4n) is 4.49. The number of hydrogen-bond acceptors (Lipinski definition) is 5. The maximum atomic E-state index is 13.2. The minimum absolute atomic E-state index is 0.00135. The number of fused-ring (bicyclic) bond motifs is 1. The zero-order valence-electron chi connectivity index (χ0n) is 18.7. The highest BCUT2D eigenvalue weighted by Gasteiger charge is 2.45. The van der Waals surface area contributed by atoms with Crippen molar-refractivity contribution >= 4 is 23.0 Å². The number of amides is 1. The number of anilines is 1. The van der Waals surface area contributed by atoms with Gasteiger partial charge in [0.25, 0.3) is 0 Å². The van der Waals surface area contributed by atoms with Gasteiger partial charge in [-0.2, -0.15) is 0 Å². The molecule has 0 aromatic heterocycles. The molecule has 0 bridgehead atoms. The predicted molar refractivity (Wildman–Crippen MR) is 122 cm³/mol. The SMILES string of the molecule is COc1ccc(C2=COC3C(CCC(OCC(=O)Nc4ccc(C)cc4)C3C)C2=O)cc1. The Bertz CT molecular complexity index is 996. The van der Waals surface area contributed by atoms with E-state index in [9.17, 15) is 9.59 Å². The number of Topliss-reactive ketones (excluding diaryl/α,β-unsaturated/α-hetero) is 1. The quantitative estimate of drug-likeness (QED) is 0.729. The van der Waals surface area contributed by atoms with Crippen LogP contribution in [0.4, 0.5) is 5.69 Å². The van der Waals surface area contributed by atoms with E-state index in [4.69, 9.17) is 14.2 Å². The highest BCUT2D eigenvalue weighted by Crippen LogP contribution is 2.40. The van der Waals surface area contributed by atoms with E-state index in [-0.39, 0.29) is 42.3 Å². The van der Waals surface area contributed by atoms with Gasteiger partial charge in [0.05, 0.1) is 31.0 Å². The number of ether oxygens (including phenoxy) is 3. The van der Waals surface area contributed by atoms with Crippen LogP contribution in [-0.4, -0.2) is 37.6 Å². The van der Waals surface area contributed by atoms with Gasteiger partial charge in [0.1, 0.15) is 18.5 Å². The van der Waals surface area contributed by atoms with Crippen LogP contribution in [0.1, 0.15) is 30.9 Å². The van der Waals surface area contributed by atoms with Crippen LogP contribution in [0.5, 0.6) is 5.75 Å². The maximum absolute atomic E-state index is 13.2. The molecular weight excluding hydrogens is 406 g/mol. The minimum atomic E-state index is -0.247. The van der Waals surface area contributed by atoms with Crippen molar-refractivity contribution in [3.05, 3.63) is 65.9 Å². The van der Waals surface area contributed by atoms with E-state index in [0.717, 1.165) is 22.6 Å². The van der Waals surface area contributed by atoms with Gasteiger partial charge >= 0.3 is 0 Å². The van der Waals surface area contributed by atoms with Gasteiger partial charge in [-0.3, -0.25) is 9.59 Å². The average Bonchev–Trinajstić information content (AvgIpc) is 2.81. The van der Waals surface area contributed by atoms with Crippen molar-refractivity contribution in [1.29, 1.82) is 0 Å². The summed E-state index contributed by atoms with van der Waals surface area (Å²) in [4.78, 5) is 25.5. The summed E-state index contributed by atoms with van der Waals surface area (Å²) in [6.07, 6.45) is 2.58. The fourth-order valence-corrected chi connectivity index (χ4v) is 4.49. The Hall–Kier alpha value is -3.12. The molecule has 6 nitrogen and oxygen atoms in total. The lowest BCUT2D eigenvalue weighted by molar-refractivity contribution is -0.140. The Balaban J connectivity index is 1.35. The topological polar surface area (TPSA) is 73.9 Å². The number of nitrogens with one attached hydrogen (secondary N) is 1. The number of methoxy groups -OCH3 is 1. The number of carbonyl (C=O) groups excluding carboxylic acids is 2. The van der Waals surface area contributed by atoms with Crippen molar-refractivity contribution in [3.8, 4) is 5.75 Å². The Morgan fingerprint density at radius 1 is 1.09 bits per heavy atom. The maximum Gasteiger partial charge on any atom is 0.250 e. The van der Waals surface area contributed by atoms with E-state index < -0.39 is 0 Å². The second-order valence-electron chi connectivity index (χ2n) is 8.53. The van der Waals surface area contributed by atoms with Gasteiger partial charge in [-0.05, 0) is 49.6 Å². The first kappa shape index (κ1) is 22.1. The van der Waals surface area contributed by atoms with Crippen LogP contribution in [0.25, 0.3) is 5.57 Å². The van der Waals surface area contributed by atoms with Crippen LogP contribution < -0.4 is 10.1 Å². The van der Waals surface area contributed by atoms with Gasteiger partial charge in [0.2, 0.25) is 5.91 Å². The molecule has 0 spiro atoms. The van der Waals surface area contributed by atoms with Crippen LogP contribution >= 0.6 is 0 Å². The molecule has 168 valence electrons. The number of aryl methyl sites for hydroxylation is 1. The van der Waals surface area contributed by atoms with Crippen molar-refractivity contribution < 1.29 is 23.8 Å². The number of hydrogen-bond donors (Lipinski definition) is 1. The molecule has 2 aromatic rings. The van der Waals surface area contributed by atoms with Gasteiger partial charge < -0.3 is 19.5 Å². The zero-order valence-corrected chi connectivity index (χ0v) is 18.7. The molecule has 4 rings (SSSR count). The van der Waals surface area contributed by atoms with Crippen molar-refractivity contribution in [2.24, 2.45) is 11.8 Å². The molecule has 6 heteroatoms. The minimum Gasteiger partial charge on any atom is -0.497 e. The zero-order chi connectivity index (χ0) is 22.7. The molecule has 0 saturated heterocycles. The highest BCUT2D eigenvalue weighted by atomic mass is 16.5. The first-order valence-electron chi connectivity index (χ1n) is 11.0. The lowest BCUT2D eigenvalue weighted by Gasteiger charge is -2.42. The van der Waals surface area contributed by atoms with E-state index in [1.807, 2.05) is 62.4 Å². The smallest absolute Gasteiger partial charge is 0.250 e. The van der Waals surface area contributed by atoms with Gasteiger partial charge in [0.15, 0.2) is 5.78 Å². The molecule has 1 N–H and O–H groups in total. The van der Waals surface area contributed by atoms with E-state index in [0.29, 0.717) is 18.4 Å². The second kappa shape index (κ2) is 9.57. The molecule has 1 saturated carbocycles. The lowest BCUT2D eigenvalue weighted by atomic mass is 9.73. The third-order valence-electron chi connectivity index (χ3n) is 6.37. The standard InChI is InChI=1S/C26H29NO5/c1-16-4-8-19(9-5-16)27-24(28)15-31-23-13-12-21-25(29)22(14-32-26(21)17(23)2)18-6-10-20(30-3)11-7-18/h4-11,14,17,21,23,26H,12-13,15H2,1-3H3,(H,27,28). The molecule has 2 aliphatic rings. The fraction of sp³-hybridized carbons (Fsp3) is 0.385. The number of benzene rings is 2. The summed E-state index contributed by atoms with van der Waals surface area (Å²) in [6.45, 7) is 4.00. The van der Waals surface area contributed by atoms with Crippen LogP contribution in [0.3, 0.4) is 0 Å². The first-order chi connectivity index (χ1) is 15.5.